The Balaban J connectivity index is 0.000000196. The summed E-state index contributed by atoms with van der Waals surface area (Å²) in [5.74, 6) is -1.71. The van der Waals surface area contributed by atoms with Crippen molar-refractivity contribution in [3.8, 4) is 0 Å². The van der Waals surface area contributed by atoms with Crippen molar-refractivity contribution in [1.82, 2.24) is 29.2 Å². The third-order valence-electron chi connectivity index (χ3n) is 12.1. The first-order chi connectivity index (χ1) is 27.9. The van der Waals surface area contributed by atoms with Crippen LogP contribution in [0.25, 0.3) is 11.0 Å². The van der Waals surface area contributed by atoms with Gasteiger partial charge in [0.2, 0.25) is 11.6 Å². The third kappa shape index (κ3) is 8.07. The van der Waals surface area contributed by atoms with Gasteiger partial charge >= 0.3 is 0 Å². The normalized spacial score (nSPS) is 20.1. The lowest BCUT2D eigenvalue weighted by Crippen LogP contribution is -2.46. The number of carbonyl (C=O) groups excluding carboxylic acids is 1. The Morgan fingerprint density at radius 1 is 0.828 bits per heavy atom. The maximum atomic E-state index is 13.5. The SMILES string of the molecule is CCC(O)(CC)[C@@H](C)[C@@H](OCc1ccccc1)C(=O)c1ccc2c(N)ncnn12.CCC1(CC)OC(O)(c2ccc3c(N)ncnn23)[C@H](OCc2ccccc2)[C@@H]1C. The molecule has 1 unspecified atom stereocenters. The van der Waals surface area contributed by atoms with Crippen molar-refractivity contribution in [3.63, 3.8) is 0 Å². The Bertz CT molecular complexity index is 2270. The standard InChI is InChI=1S/2C22H28N4O3/c1-4-21(5-2)15(3)19(28-13-16-9-7-6-8-10-16)22(27,29-21)18-12-11-17-20(23)24-14-25-26(17)18;1-4-22(28,5-2)15(3)20(29-13-16-9-7-6-8-10-16)19(27)17-11-12-18-21(23)24-14-25-26(17)18/h6-12,14-15,19,27H,4-5,13H2,1-3H3,(H2,23,24,25);6-12,14-15,20,28H,4-5,13H2,1-3H3,(H2,23,24,25)/t15-,19+,22?;15-,20+/m00/s1. The first kappa shape index (κ1) is 42.4. The molecule has 308 valence electrons. The summed E-state index contributed by atoms with van der Waals surface area (Å²) in [7, 11) is 0. The summed E-state index contributed by atoms with van der Waals surface area (Å²) < 4.78 is 21.9. The predicted octanol–water partition coefficient (Wildman–Crippen LogP) is 6.53. The van der Waals surface area contributed by atoms with Gasteiger partial charge in [0.1, 0.15) is 47.3 Å². The largest absolute Gasteiger partial charge is 0.390 e. The Kier molecular flexibility index (Phi) is 12.9. The molecule has 0 aliphatic carbocycles. The Morgan fingerprint density at radius 2 is 1.36 bits per heavy atom. The van der Waals surface area contributed by atoms with Gasteiger partial charge in [-0.1, -0.05) is 102 Å². The number of aliphatic hydroxyl groups is 2. The quantitative estimate of drug-likeness (QED) is 0.0822. The molecule has 1 saturated heterocycles. The number of nitrogens with zero attached hydrogens (tertiary/aromatic N) is 6. The van der Waals surface area contributed by atoms with Crippen molar-refractivity contribution < 1.29 is 29.2 Å². The zero-order chi connectivity index (χ0) is 41.7. The van der Waals surface area contributed by atoms with Crippen molar-refractivity contribution >= 4 is 28.5 Å². The molecule has 14 nitrogen and oxygen atoms in total. The van der Waals surface area contributed by atoms with Crippen molar-refractivity contribution in [1.29, 1.82) is 0 Å². The van der Waals surface area contributed by atoms with Crippen molar-refractivity contribution in [3.05, 3.63) is 120 Å². The molecule has 0 bridgehead atoms. The number of nitrogens with two attached hydrogens (primary N) is 2. The topological polar surface area (TPSA) is 198 Å². The van der Waals surface area contributed by atoms with Crippen LogP contribution in [0.3, 0.4) is 0 Å². The first-order valence-corrected chi connectivity index (χ1v) is 20.0. The number of benzene rings is 2. The van der Waals surface area contributed by atoms with E-state index < -0.39 is 35.1 Å². The zero-order valence-corrected chi connectivity index (χ0v) is 34.2. The van der Waals surface area contributed by atoms with Crippen LogP contribution in [0.5, 0.6) is 0 Å². The summed E-state index contributed by atoms with van der Waals surface area (Å²) in [5.41, 5.74) is 14.4. The van der Waals surface area contributed by atoms with Crippen molar-refractivity contribution in [2.24, 2.45) is 11.8 Å². The molecular formula is C44H56N8O6. The maximum absolute atomic E-state index is 13.5. The fraction of sp³-hybridized carbons (Fsp3) is 0.432. The van der Waals surface area contributed by atoms with Gasteiger partial charge in [-0.2, -0.15) is 10.2 Å². The van der Waals surface area contributed by atoms with Crippen molar-refractivity contribution in [2.45, 2.75) is 110 Å². The minimum atomic E-state index is -1.66. The van der Waals surface area contributed by atoms with E-state index in [1.165, 1.54) is 17.2 Å². The van der Waals surface area contributed by atoms with Crippen LogP contribution >= 0.6 is 0 Å². The van der Waals surface area contributed by atoms with Crippen LogP contribution < -0.4 is 11.5 Å². The molecule has 1 fully saturated rings. The third-order valence-corrected chi connectivity index (χ3v) is 12.1. The van der Waals surface area contributed by atoms with Crippen LogP contribution in [-0.2, 0) is 33.2 Å². The van der Waals surface area contributed by atoms with E-state index in [0.717, 1.165) is 24.0 Å². The van der Waals surface area contributed by atoms with Gasteiger partial charge in [0.15, 0.2) is 11.6 Å². The number of anilines is 2. The molecule has 6 aromatic rings. The van der Waals surface area contributed by atoms with Gasteiger partial charge in [0.25, 0.3) is 0 Å². The fourth-order valence-corrected chi connectivity index (χ4v) is 8.22. The van der Waals surface area contributed by atoms with Crippen LogP contribution in [0.4, 0.5) is 11.6 Å². The zero-order valence-electron chi connectivity index (χ0n) is 34.2. The van der Waals surface area contributed by atoms with E-state index in [4.69, 9.17) is 25.7 Å². The second kappa shape index (κ2) is 17.7. The molecule has 0 amide bonds. The lowest BCUT2D eigenvalue weighted by molar-refractivity contribution is -0.270. The van der Waals surface area contributed by atoms with Crippen molar-refractivity contribution in [2.75, 3.05) is 11.5 Å². The Labute approximate surface area is 339 Å². The highest BCUT2D eigenvalue weighted by Gasteiger charge is 2.61. The highest BCUT2D eigenvalue weighted by molar-refractivity contribution is 5.99. The smallest absolute Gasteiger partial charge is 0.238 e. The first-order valence-electron chi connectivity index (χ1n) is 20.0. The van der Waals surface area contributed by atoms with Gasteiger partial charge in [-0.3, -0.25) is 4.79 Å². The number of hydrogen-bond acceptors (Lipinski definition) is 12. The van der Waals surface area contributed by atoms with Crippen LogP contribution in [0.2, 0.25) is 0 Å². The predicted molar refractivity (Wildman–Crippen MR) is 221 cm³/mol. The molecule has 58 heavy (non-hydrogen) atoms. The highest BCUT2D eigenvalue weighted by atomic mass is 16.7. The van der Waals surface area contributed by atoms with Gasteiger partial charge in [0, 0.05) is 11.8 Å². The molecular weight excluding hydrogens is 737 g/mol. The Hall–Kier alpha value is -5.25. The minimum Gasteiger partial charge on any atom is -0.390 e. The number of ketones is 1. The van der Waals surface area contributed by atoms with E-state index in [-0.39, 0.29) is 18.3 Å². The molecule has 0 spiro atoms. The second-order valence-corrected chi connectivity index (χ2v) is 15.1. The van der Waals surface area contributed by atoms with E-state index in [1.54, 1.807) is 28.8 Å². The Morgan fingerprint density at radius 3 is 1.93 bits per heavy atom. The van der Waals surface area contributed by atoms with Crippen LogP contribution in [0.15, 0.2) is 97.6 Å². The fourth-order valence-electron chi connectivity index (χ4n) is 8.22. The highest BCUT2D eigenvalue weighted by Crippen LogP contribution is 2.51. The van der Waals surface area contributed by atoms with E-state index in [2.05, 4.69) is 40.9 Å². The maximum Gasteiger partial charge on any atom is 0.238 e. The number of nitrogen functional groups attached to an aromatic ring is 2. The average Bonchev–Trinajstić information content (AvgIpc) is 3.95. The molecule has 5 heterocycles. The summed E-state index contributed by atoms with van der Waals surface area (Å²) in [6.07, 6.45) is 3.85. The van der Waals surface area contributed by atoms with E-state index in [9.17, 15) is 15.0 Å². The molecule has 14 heteroatoms. The number of carbonyl (C=O) groups is 1. The van der Waals surface area contributed by atoms with Crippen LogP contribution in [0, 0.1) is 11.8 Å². The number of fused-ring (bicyclic) bond motifs is 2. The summed E-state index contributed by atoms with van der Waals surface area (Å²) in [6.45, 7) is 12.6. The number of rotatable bonds is 15. The molecule has 2 aromatic carbocycles. The van der Waals surface area contributed by atoms with Gasteiger partial charge in [-0.25, -0.2) is 19.0 Å². The molecule has 1 aliphatic heterocycles. The van der Waals surface area contributed by atoms with Crippen LogP contribution in [-0.4, -0.2) is 68.6 Å². The molecule has 0 saturated carbocycles. The van der Waals surface area contributed by atoms with Crippen LogP contribution in [0.1, 0.15) is 94.5 Å². The summed E-state index contributed by atoms with van der Waals surface area (Å²) in [6, 6.07) is 26.6. The lowest BCUT2D eigenvalue weighted by Gasteiger charge is -2.36. The molecule has 0 radical (unpaired) electrons. The molecule has 5 atom stereocenters. The molecule has 1 aliphatic rings. The van der Waals surface area contributed by atoms with E-state index in [0.29, 0.717) is 53.5 Å². The number of Topliss-reactive ketones (excluding diaryl/α,β-unsaturated/α-hetero) is 1. The lowest BCUT2D eigenvalue weighted by atomic mass is 9.79. The molecule has 6 N–H and O–H groups in total. The van der Waals surface area contributed by atoms with E-state index >= 15 is 0 Å². The average molecular weight is 793 g/mol. The second-order valence-electron chi connectivity index (χ2n) is 15.1. The van der Waals surface area contributed by atoms with Gasteiger partial charge in [-0.05, 0) is 61.1 Å². The molecule has 4 aromatic heterocycles. The van der Waals surface area contributed by atoms with E-state index in [1.807, 2.05) is 81.4 Å². The van der Waals surface area contributed by atoms with Gasteiger partial charge < -0.3 is 35.9 Å². The van der Waals surface area contributed by atoms with Gasteiger partial charge in [-0.15, -0.1) is 0 Å². The monoisotopic (exact) mass is 792 g/mol. The van der Waals surface area contributed by atoms with Gasteiger partial charge in [0.05, 0.1) is 24.4 Å². The summed E-state index contributed by atoms with van der Waals surface area (Å²) in [4.78, 5) is 21.5. The number of hydrogen-bond donors (Lipinski definition) is 4. The summed E-state index contributed by atoms with van der Waals surface area (Å²) >= 11 is 0. The molecule has 7 rings (SSSR count). The number of ether oxygens (including phenoxy) is 3. The summed E-state index contributed by atoms with van der Waals surface area (Å²) in [5, 5.41) is 31.4. The minimum absolute atomic E-state index is 0.0315. The number of aromatic nitrogens is 6.